The van der Waals surface area contributed by atoms with Gasteiger partial charge in [0.15, 0.2) is 0 Å². The highest BCUT2D eigenvalue weighted by atomic mass is 16.6. The van der Waals surface area contributed by atoms with E-state index in [1.54, 1.807) is 0 Å². The van der Waals surface area contributed by atoms with Gasteiger partial charge in [0.2, 0.25) is 5.91 Å². The molecule has 0 radical (unpaired) electrons. The maximum atomic E-state index is 11.4. The second-order valence-electron chi connectivity index (χ2n) is 6.47. The van der Waals surface area contributed by atoms with E-state index < -0.39 is 11.7 Å². The maximum Gasteiger partial charge on any atom is 0.407 e. The SMILES string of the molecule is C=CC(=O)NCCCOCCOCCOCCCNC(=O)OC(C)(C)C. The number of hydrogen-bond acceptors (Lipinski definition) is 6. The molecule has 0 aliphatic heterocycles. The number of amides is 2. The van der Waals surface area contributed by atoms with Gasteiger partial charge < -0.3 is 29.6 Å². The van der Waals surface area contributed by atoms with Crippen molar-refractivity contribution in [3.63, 3.8) is 0 Å². The first-order valence-corrected chi connectivity index (χ1v) is 8.95. The number of ether oxygens (including phenoxy) is 4. The minimum atomic E-state index is -0.483. The van der Waals surface area contributed by atoms with E-state index in [1.165, 1.54) is 6.08 Å². The van der Waals surface area contributed by atoms with Gasteiger partial charge in [0.25, 0.3) is 0 Å². The summed E-state index contributed by atoms with van der Waals surface area (Å²) in [6.45, 7) is 13.1. The van der Waals surface area contributed by atoms with Gasteiger partial charge in [0.1, 0.15) is 5.60 Å². The lowest BCUT2D eigenvalue weighted by molar-refractivity contribution is -0.116. The van der Waals surface area contributed by atoms with Crippen LogP contribution in [0.25, 0.3) is 0 Å². The van der Waals surface area contributed by atoms with Gasteiger partial charge >= 0.3 is 6.09 Å². The molecule has 0 fully saturated rings. The first-order valence-electron chi connectivity index (χ1n) is 8.95. The van der Waals surface area contributed by atoms with Gasteiger partial charge in [0, 0.05) is 26.3 Å². The van der Waals surface area contributed by atoms with E-state index in [4.69, 9.17) is 18.9 Å². The summed E-state index contributed by atoms with van der Waals surface area (Å²) in [5.74, 6) is -0.172. The summed E-state index contributed by atoms with van der Waals surface area (Å²) < 4.78 is 21.3. The summed E-state index contributed by atoms with van der Waals surface area (Å²) in [5, 5.41) is 5.34. The molecule has 0 saturated heterocycles. The summed E-state index contributed by atoms with van der Waals surface area (Å²) in [6, 6.07) is 0. The monoisotopic (exact) mass is 374 g/mol. The molecule has 2 amide bonds. The fourth-order valence-electron chi connectivity index (χ4n) is 1.68. The van der Waals surface area contributed by atoms with Crippen LogP contribution in [0.2, 0.25) is 0 Å². The van der Waals surface area contributed by atoms with Crippen molar-refractivity contribution in [2.24, 2.45) is 0 Å². The molecule has 26 heavy (non-hydrogen) atoms. The zero-order valence-corrected chi connectivity index (χ0v) is 16.3. The highest BCUT2D eigenvalue weighted by Crippen LogP contribution is 2.06. The van der Waals surface area contributed by atoms with Gasteiger partial charge in [-0.1, -0.05) is 6.58 Å². The quantitative estimate of drug-likeness (QED) is 0.334. The minimum absolute atomic E-state index is 0.172. The fourth-order valence-corrected chi connectivity index (χ4v) is 1.68. The molecule has 0 aromatic heterocycles. The molecular weight excluding hydrogens is 340 g/mol. The van der Waals surface area contributed by atoms with Gasteiger partial charge in [-0.3, -0.25) is 4.79 Å². The fraction of sp³-hybridized carbons (Fsp3) is 0.778. The van der Waals surface area contributed by atoms with Gasteiger partial charge in [-0.05, 0) is 39.7 Å². The van der Waals surface area contributed by atoms with Crippen LogP contribution >= 0.6 is 0 Å². The van der Waals surface area contributed by atoms with Crippen LogP contribution in [-0.4, -0.2) is 70.3 Å². The van der Waals surface area contributed by atoms with Crippen molar-refractivity contribution in [1.82, 2.24) is 10.6 Å². The van der Waals surface area contributed by atoms with Crippen LogP contribution in [0.1, 0.15) is 33.6 Å². The summed E-state index contributed by atoms with van der Waals surface area (Å²) in [4.78, 5) is 22.3. The Labute approximate surface area is 156 Å². The Hall–Kier alpha value is -1.64. The number of alkyl carbamates (subject to hydrolysis) is 1. The molecule has 0 saturated carbocycles. The zero-order valence-electron chi connectivity index (χ0n) is 16.3. The Morgan fingerprint density at radius 3 is 1.77 bits per heavy atom. The van der Waals surface area contributed by atoms with Crippen LogP contribution in [0.3, 0.4) is 0 Å². The number of carbonyl (C=O) groups is 2. The summed E-state index contributed by atoms with van der Waals surface area (Å²) >= 11 is 0. The molecule has 0 bridgehead atoms. The third kappa shape index (κ3) is 18.7. The lowest BCUT2D eigenvalue weighted by Crippen LogP contribution is -2.33. The predicted molar refractivity (Wildman–Crippen MR) is 99.1 cm³/mol. The van der Waals surface area contributed by atoms with Crippen LogP contribution < -0.4 is 10.6 Å². The second kappa shape index (κ2) is 15.6. The van der Waals surface area contributed by atoms with Crippen molar-refractivity contribution in [3.05, 3.63) is 12.7 Å². The molecule has 0 heterocycles. The lowest BCUT2D eigenvalue weighted by atomic mass is 10.2. The Kier molecular flexibility index (Phi) is 14.6. The van der Waals surface area contributed by atoms with Crippen molar-refractivity contribution >= 4 is 12.0 Å². The van der Waals surface area contributed by atoms with Gasteiger partial charge in [-0.2, -0.15) is 0 Å². The highest BCUT2D eigenvalue weighted by Gasteiger charge is 2.15. The number of nitrogens with one attached hydrogen (secondary N) is 2. The van der Waals surface area contributed by atoms with Crippen molar-refractivity contribution in [2.45, 2.75) is 39.2 Å². The Morgan fingerprint density at radius 1 is 0.846 bits per heavy atom. The topological polar surface area (TPSA) is 95.1 Å². The molecular formula is C18H34N2O6. The summed E-state index contributed by atoms with van der Waals surface area (Å²) in [5.41, 5.74) is -0.483. The molecule has 0 aromatic carbocycles. The largest absolute Gasteiger partial charge is 0.444 e. The van der Waals surface area contributed by atoms with Crippen molar-refractivity contribution in [3.8, 4) is 0 Å². The van der Waals surface area contributed by atoms with Gasteiger partial charge in [-0.15, -0.1) is 0 Å². The first-order chi connectivity index (χ1) is 12.3. The molecule has 0 aromatic rings. The molecule has 0 spiro atoms. The van der Waals surface area contributed by atoms with Crippen LogP contribution in [0, 0.1) is 0 Å². The number of rotatable bonds is 15. The average molecular weight is 374 g/mol. The lowest BCUT2D eigenvalue weighted by Gasteiger charge is -2.19. The van der Waals surface area contributed by atoms with Crippen molar-refractivity contribution < 1.29 is 28.5 Å². The van der Waals surface area contributed by atoms with E-state index in [9.17, 15) is 9.59 Å². The van der Waals surface area contributed by atoms with E-state index in [-0.39, 0.29) is 5.91 Å². The molecule has 8 nitrogen and oxygen atoms in total. The molecule has 0 unspecified atom stereocenters. The van der Waals surface area contributed by atoms with Gasteiger partial charge in [0.05, 0.1) is 26.4 Å². The molecule has 0 atom stereocenters. The average Bonchev–Trinajstić information content (AvgIpc) is 2.56. The van der Waals surface area contributed by atoms with Crippen LogP contribution in [0.15, 0.2) is 12.7 Å². The molecule has 8 heteroatoms. The molecule has 0 rings (SSSR count). The van der Waals surface area contributed by atoms with Gasteiger partial charge in [-0.25, -0.2) is 4.79 Å². The van der Waals surface area contributed by atoms with E-state index in [2.05, 4.69) is 17.2 Å². The Bertz CT molecular complexity index is 396. The third-order valence-electron chi connectivity index (χ3n) is 2.83. The summed E-state index contributed by atoms with van der Waals surface area (Å²) in [6.07, 6.45) is 2.29. The van der Waals surface area contributed by atoms with Crippen molar-refractivity contribution in [1.29, 1.82) is 0 Å². The van der Waals surface area contributed by atoms with Crippen LogP contribution in [-0.2, 0) is 23.7 Å². The smallest absolute Gasteiger partial charge is 0.407 e. The number of hydrogen-bond donors (Lipinski definition) is 2. The number of carbonyl (C=O) groups excluding carboxylic acids is 2. The van der Waals surface area contributed by atoms with E-state index in [1.807, 2.05) is 20.8 Å². The zero-order chi connectivity index (χ0) is 19.7. The molecule has 152 valence electrons. The Morgan fingerprint density at radius 2 is 1.31 bits per heavy atom. The third-order valence-corrected chi connectivity index (χ3v) is 2.83. The van der Waals surface area contributed by atoms with Crippen molar-refractivity contribution in [2.75, 3.05) is 52.7 Å². The molecule has 2 N–H and O–H groups in total. The predicted octanol–water partition coefficient (Wildman–Crippen LogP) is 1.64. The maximum absolute atomic E-state index is 11.4. The van der Waals surface area contributed by atoms with E-state index >= 15 is 0 Å². The summed E-state index contributed by atoms with van der Waals surface area (Å²) in [7, 11) is 0. The van der Waals surface area contributed by atoms with Crippen LogP contribution in [0.5, 0.6) is 0 Å². The Balaban J connectivity index is 3.19. The first kappa shape index (κ1) is 24.4. The normalized spacial score (nSPS) is 11.0. The van der Waals surface area contributed by atoms with E-state index in [0.29, 0.717) is 59.2 Å². The highest BCUT2D eigenvalue weighted by molar-refractivity contribution is 5.86. The van der Waals surface area contributed by atoms with Crippen LogP contribution in [0.4, 0.5) is 4.79 Å². The standard InChI is InChI=1S/C18H34N2O6/c1-5-16(21)19-8-6-10-23-12-14-25-15-13-24-11-7-9-20-17(22)26-18(2,3)4/h5H,1,6-15H2,2-4H3,(H,19,21)(H,20,22). The second-order valence-corrected chi connectivity index (χ2v) is 6.47. The molecule has 0 aliphatic carbocycles. The minimum Gasteiger partial charge on any atom is -0.444 e. The van der Waals surface area contributed by atoms with E-state index in [0.717, 1.165) is 6.42 Å². The molecule has 0 aliphatic rings.